The Labute approximate surface area is 176 Å². The van der Waals surface area contributed by atoms with Crippen LogP contribution in [0.4, 0.5) is 0 Å². The summed E-state index contributed by atoms with van der Waals surface area (Å²) in [6, 6.07) is 11.3. The Morgan fingerprint density at radius 3 is 2.24 bits per heavy atom. The Bertz CT molecular complexity index is 1120. The summed E-state index contributed by atoms with van der Waals surface area (Å²) in [6.45, 7) is 6.75. The minimum atomic E-state index is 0. The number of hydrogen-bond donors (Lipinski definition) is 0. The van der Waals surface area contributed by atoms with E-state index >= 15 is 0 Å². The molecule has 0 bridgehead atoms. The quantitative estimate of drug-likeness (QED) is 0.469. The van der Waals surface area contributed by atoms with Crippen LogP contribution in [0.15, 0.2) is 48.6 Å². The van der Waals surface area contributed by atoms with E-state index < -0.39 is 0 Å². The van der Waals surface area contributed by atoms with Gasteiger partial charge in [-0.25, -0.2) is 0 Å². The molecular weight excluding hydrogens is 426 g/mol. The molecule has 0 atom stereocenters. The second-order valence-electron chi connectivity index (χ2n) is 6.61. The van der Waals surface area contributed by atoms with Crippen LogP contribution in [0.3, 0.4) is 0 Å². The molecule has 4 rings (SSSR count). The Kier molecular flexibility index (Phi) is 6.37. The predicted molar refractivity (Wildman–Crippen MR) is 93.5 cm³/mol. The van der Waals surface area contributed by atoms with E-state index in [0.29, 0.717) is 0 Å². The monoisotopic (exact) mass is 443 g/mol. The maximum Gasteiger partial charge on any atom is -1.00 e. The van der Waals surface area contributed by atoms with E-state index in [2.05, 4.69) is 69.3 Å². The fourth-order valence-corrected chi connectivity index (χ4v) is 5.13. The number of hydrogen-bond acceptors (Lipinski definition) is 0. The molecule has 0 nitrogen and oxygen atoms in total. The van der Waals surface area contributed by atoms with E-state index in [9.17, 15) is 0 Å². The van der Waals surface area contributed by atoms with Crippen molar-refractivity contribution in [3.8, 4) is 0 Å². The topological polar surface area (TPSA) is 0 Å². The summed E-state index contributed by atoms with van der Waals surface area (Å²) in [4.78, 5) is 0. The summed E-state index contributed by atoms with van der Waals surface area (Å²) in [5.41, 5.74) is 7.24. The van der Waals surface area contributed by atoms with Gasteiger partial charge in [-0.05, 0) is 0 Å². The van der Waals surface area contributed by atoms with E-state index in [1.807, 2.05) is 0 Å². The van der Waals surface area contributed by atoms with E-state index in [0.717, 1.165) is 6.42 Å². The first-order valence-corrected chi connectivity index (χ1v) is 9.35. The summed E-state index contributed by atoms with van der Waals surface area (Å²) < 4.78 is 1.51. The number of benzene rings is 2. The summed E-state index contributed by atoms with van der Waals surface area (Å²) in [5, 5.41) is 5.72. The van der Waals surface area contributed by atoms with Crippen LogP contribution in [0.2, 0.25) is 0 Å². The number of aryl methyl sites for hydroxylation is 1. The van der Waals surface area contributed by atoms with Gasteiger partial charge in [-0.3, -0.25) is 0 Å². The van der Waals surface area contributed by atoms with Gasteiger partial charge in [0.15, 0.2) is 0 Å². The van der Waals surface area contributed by atoms with E-state index in [4.69, 9.17) is 0 Å². The molecule has 0 radical (unpaired) electrons. The molecule has 0 heterocycles. The summed E-state index contributed by atoms with van der Waals surface area (Å²) in [6.07, 6.45) is 7.82. The minimum absolute atomic E-state index is 0. The third kappa shape index (κ3) is 3.16. The Balaban J connectivity index is 0.00000113. The SMILES string of the molecule is CC(C)=c1c(C)cc2c(c1C1=CC=CC1)[C]([Zr+2])=c1ccccc1=2.[Cl-].[Cl-]. The molecule has 0 spiro atoms. The van der Waals surface area contributed by atoms with Gasteiger partial charge in [0.2, 0.25) is 0 Å². The minimum Gasteiger partial charge on any atom is -1.00 e. The van der Waals surface area contributed by atoms with Crippen LogP contribution < -0.4 is 35.3 Å². The molecule has 2 aromatic carbocycles. The van der Waals surface area contributed by atoms with Gasteiger partial charge in [-0.15, -0.1) is 0 Å². The van der Waals surface area contributed by atoms with Gasteiger partial charge in [0.1, 0.15) is 0 Å². The largest absolute Gasteiger partial charge is 1.00 e. The molecule has 0 aliphatic heterocycles. The van der Waals surface area contributed by atoms with Crippen LogP contribution in [-0.4, -0.2) is 0 Å². The third-order valence-corrected chi connectivity index (χ3v) is 6.13. The zero-order chi connectivity index (χ0) is 16.1. The fraction of sp³-hybridized carbons (Fsp3) is 0.182. The van der Waals surface area contributed by atoms with Crippen LogP contribution in [0.25, 0.3) is 14.4 Å². The van der Waals surface area contributed by atoms with Crippen LogP contribution in [-0.2, 0) is 24.7 Å². The van der Waals surface area contributed by atoms with Crippen LogP contribution >= 0.6 is 0 Å². The molecule has 0 saturated carbocycles. The van der Waals surface area contributed by atoms with Gasteiger partial charge in [-0.1, -0.05) is 0 Å². The van der Waals surface area contributed by atoms with Crippen molar-refractivity contribution in [2.45, 2.75) is 27.2 Å². The van der Waals surface area contributed by atoms with Crippen molar-refractivity contribution in [1.29, 1.82) is 0 Å². The molecule has 0 aromatic heterocycles. The number of rotatable bonds is 1. The standard InChI is InChI=1S/C22H19.2ClH.Zr/c1-14(2)21-15(3)12-19-18-11-7-6-10-17(18)13-20(19)22(21)16-8-4-5-9-16;;;/h4-8,10-12H,9H2,1-3H3;2*1H;/q;;;+2/p-2. The number of halogens is 2. The molecule has 0 saturated heterocycles. The van der Waals surface area contributed by atoms with Crippen molar-refractivity contribution < 1.29 is 49.5 Å². The van der Waals surface area contributed by atoms with Gasteiger partial charge in [0, 0.05) is 0 Å². The van der Waals surface area contributed by atoms with Gasteiger partial charge < -0.3 is 24.8 Å². The molecular formula is C22H19Cl2Zr. The van der Waals surface area contributed by atoms with E-state index in [1.165, 1.54) is 76.7 Å². The first-order chi connectivity index (χ1) is 11.1. The van der Waals surface area contributed by atoms with Crippen molar-refractivity contribution in [3.63, 3.8) is 0 Å². The van der Waals surface area contributed by atoms with E-state index in [1.54, 1.807) is 0 Å². The fourth-order valence-electron chi connectivity index (χ4n) is 3.96. The van der Waals surface area contributed by atoms with Crippen LogP contribution in [0.5, 0.6) is 0 Å². The van der Waals surface area contributed by atoms with Crippen molar-refractivity contribution >= 4 is 14.4 Å². The number of allylic oxidation sites excluding steroid dienone is 4. The Morgan fingerprint density at radius 2 is 1.64 bits per heavy atom. The average Bonchev–Trinajstić information content (AvgIpc) is 3.14. The van der Waals surface area contributed by atoms with E-state index in [-0.39, 0.29) is 24.8 Å². The van der Waals surface area contributed by atoms with Crippen molar-refractivity contribution in [2.75, 3.05) is 0 Å². The maximum atomic E-state index is 2.40. The smallest absolute Gasteiger partial charge is 1.00 e. The maximum absolute atomic E-state index is 2.40. The number of fused-ring (bicyclic) bond motifs is 2. The van der Waals surface area contributed by atoms with Crippen LogP contribution in [0, 0.1) is 17.4 Å². The molecule has 3 heteroatoms. The second kappa shape index (κ2) is 7.79. The van der Waals surface area contributed by atoms with Gasteiger partial charge in [-0.2, -0.15) is 0 Å². The molecule has 25 heavy (non-hydrogen) atoms. The molecule has 125 valence electrons. The van der Waals surface area contributed by atoms with Crippen molar-refractivity contribution in [1.82, 2.24) is 0 Å². The first-order valence-electron chi connectivity index (χ1n) is 8.12. The zero-order valence-corrected chi connectivity index (χ0v) is 18.6. The Morgan fingerprint density at radius 1 is 0.960 bits per heavy atom. The molecule has 0 N–H and O–H groups in total. The summed E-state index contributed by atoms with van der Waals surface area (Å²) >= 11 is 1.50. The van der Waals surface area contributed by atoms with Gasteiger partial charge in [0.05, 0.1) is 0 Å². The molecule has 2 aliphatic carbocycles. The Hall–Kier alpha value is -0.877. The normalized spacial score (nSPS) is 13.6. The zero-order valence-electron chi connectivity index (χ0n) is 14.6. The van der Waals surface area contributed by atoms with Gasteiger partial charge in [0.25, 0.3) is 0 Å². The molecule has 0 amide bonds. The summed E-state index contributed by atoms with van der Waals surface area (Å²) in [7, 11) is 0. The molecule has 0 unspecified atom stereocenters. The average molecular weight is 446 g/mol. The second-order valence-corrected chi connectivity index (χ2v) is 7.84. The third-order valence-electron chi connectivity index (χ3n) is 4.85. The van der Waals surface area contributed by atoms with Crippen LogP contribution in [0.1, 0.15) is 37.0 Å². The summed E-state index contributed by atoms with van der Waals surface area (Å²) in [5.74, 6) is 0. The van der Waals surface area contributed by atoms with Crippen molar-refractivity contribution in [2.24, 2.45) is 0 Å². The molecule has 0 fully saturated rings. The molecule has 2 aliphatic rings. The van der Waals surface area contributed by atoms with Gasteiger partial charge >= 0.3 is 152 Å². The molecule has 2 aromatic rings. The first kappa shape index (κ1) is 20.4. The van der Waals surface area contributed by atoms with Crippen molar-refractivity contribution in [3.05, 3.63) is 86.1 Å². The predicted octanol–water partition coefficient (Wildman–Crippen LogP) is -2.16.